The Balaban J connectivity index is 2.16. The van der Waals surface area contributed by atoms with Crippen LogP contribution in [0, 0.1) is 0 Å². The molecule has 1 aliphatic rings. The molecule has 1 unspecified atom stereocenters. The van der Waals surface area contributed by atoms with Gasteiger partial charge in [-0.25, -0.2) is 0 Å². The van der Waals surface area contributed by atoms with Gasteiger partial charge < -0.3 is 4.90 Å². The molecule has 1 fully saturated rings. The molecule has 1 amide bonds. The predicted octanol–water partition coefficient (Wildman–Crippen LogP) is 2.31. The number of benzene rings is 1. The second-order valence-electron chi connectivity index (χ2n) is 3.86. The second-order valence-corrected chi connectivity index (χ2v) is 3.86. The molecule has 1 saturated heterocycles. The molecule has 0 aliphatic carbocycles. The normalized spacial score (nSPS) is 21.2. The van der Waals surface area contributed by atoms with E-state index in [1.807, 2.05) is 35.2 Å². The first-order valence-corrected chi connectivity index (χ1v) is 5.15. The molecule has 0 N–H and O–H groups in total. The van der Waals surface area contributed by atoms with E-state index < -0.39 is 0 Å². The number of carbonyl (C=O) groups excluding carboxylic acids is 1. The molecule has 2 rings (SSSR count). The highest BCUT2D eigenvalue weighted by atomic mass is 16.2. The molecule has 74 valence electrons. The molecule has 1 atom stereocenters. The fourth-order valence-electron chi connectivity index (χ4n) is 1.98. The van der Waals surface area contributed by atoms with Crippen LogP contribution in [0.1, 0.15) is 30.1 Å². The molecule has 1 aromatic carbocycles. The van der Waals surface area contributed by atoms with Crippen LogP contribution in [0.25, 0.3) is 0 Å². The quantitative estimate of drug-likeness (QED) is 0.664. The number of carbonyl (C=O) groups is 1. The molecule has 0 aromatic heterocycles. The minimum absolute atomic E-state index is 0.176. The van der Waals surface area contributed by atoms with Crippen LogP contribution in [0.3, 0.4) is 0 Å². The maximum atomic E-state index is 12.0. The first-order valence-electron chi connectivity index (χ1n) is 5.15. The van der Waals surface area contributed by atoms with Gasteiger partial charge in [-0.05, 0) is 31.9 Å². The molecule has 0 radical (unpaired) electrons. The summed E-state index contributed by atoms with van der Waals surface area (Å²) in [7, 11) is 0. The molecular formula is C12H15NO. The molecular weight excluding hydrogens is 174 g/mol. The number of amides is 1. The van der Waals surface area contributed by atoms with Crippen molar-refractivity contribution in [1.29, 1.82) is 0 Å². The van der Waals surface area contributed by atoms with Crippen LogP contribution in [0.4, 0.5) is 0 Å². The lowest BCUT2D eigenvalue weighted by molar-refractivity contribution is 0.0747. The van der Waals surface area contributed by atoms with Crippen LogP contribution in [-0.2, 0) is 0 Å². The van der Waals surface area contributed by atoms with Crippen LogP contribution >= 0.6 is 0 Å². The minimum Gasteiger partial charge on any atom is -0.336 e. The Morgan fingerprint density at radius 3 is 2.64 bits per heavy atom. The van der Waals surface area contributed by atoms with Gasteiger partial charge in [-0.3, -0.25) is 4.79 Å². The number of nitrogens with zero attached hydrogens (tertiary/aromatic N) is 1. The summed E-state index contributed by atoms with van der Waals surface area (Å²) in [5.74, 6) is 0.176. The van der Waals surface area contributed by atoms with E-state index in [0.29, 0.717) is 6.04 Å². The highest BCUT2D eigenvalue weighted by Crippen LogP contribution is 2.19. The van der Waals surface area contributed by atoms with Crippen molar-refractivity contribution in [1.82, 2.24) is 4.90 Å². The fraction of sp³-hybridized carbons (Fsp3) is 0.417. The summed E-state index contributed by atoms with van der Waals surface area (Å²) in [5.41, 5.74) is 0.807. The third-order valence-corrected chi connectivity index (χ3v) is 2.83. The highest BCUT2D eigenvalue weighted by Gasteiger charge is 2.25. The van der Waals surface area contributed by atoms with Crippen molar-refractivity contribution in [3.8, 4) is 0 Å². The lowest BCUT2D eigenvalue weighted by Gasteiger charge is -2.21. The molecule has 14 heavy (non-hydrogen) atoms. The van der Waals surface area contributed by atoms with Crippen LogP contribution in [0.5, 0.6) is 0 Å². The van der Waals surface area contributed by atoms with Gasteiger partial charge >= 0.3 is 0 Å². The third kappa shape index (κ3) is 1.65. The van der Waals surface area contributed by atoms with Crippen molar-refractivity contribution < 1.29 is 4.79 Å². The van der Waals surface area contributed by atoms with Crippen LogP contribution < -0.4 is 0 Å². The maximum absolute atomic E-state index is 12.0. The summed E-state index contributed by atoms with van der Waals surface area (Å²) in [6, 6.07) is 9.93. The van der Waals surface area contributed by atoms with Gasteiger partial charge in [0.2, 0.25) is 0 Å². The SMILES string of the molecule is CC1CCCN1C(=O)c1ccccc1. The van der Waals surface area contributed by atoms with Crippen molar-refractivity contribution in [3.63, 3.8) is 0 Å². The van der Waals surface area contributed by atoms with Gasteiger partial charge in [-0.2, -0.15) is 0 Å². The Morgan fingerprint density at radius 2 is 2.07 bits per heavy atom. The lowest BCUT2D eigenvalue weighted by Crippen LogP contribution is -2.33. The van der Waals surface area contributed by atoms with E-state index in [0.717, 1.165) is 24.9 Å². The van der Waals surface area contributed by atoms with E-state index in [4.69, 9.17) is 0 Å². The predicted molar refractivity (Wildman–Crippen MR) is 56.2 cm³/mol. The number of hydrogen-bond acceptors (Lipinski definition) is 1. The van der Waals surface area contributed by atoms with Crippen molar-refractivity contribution in [3.05, 3.63) is 35.9 Å². The van der Waals surface area contributed by atoms with Gasteiger partial charge in [0.15, 0.2) is 0 Å². The van der Waals surface area contributed by atoms with Gasteiger partial charge in [0.05, 0.1) is 0 Å². The Kier molecular flexibility index (Phi) is 2.53. The Morgan fingerprint density at radius 1 is 1.36 bits per heavy atom. The van der Waals surface area contributed by atoms with E-state index in [1.54, 1.807) is 0 Å². The van der Waals surface area contributed by atoms with E-state index in [1.165, 1.54) is 0 Å². The fourth-order valence-corrected chi connectivity index (χ4v) is 1.98. The lowest BCUT2D eigenvalue weighted by atomic mass is 10.2. The van der Waals surface area contributed by atoms with E-state index in [2.05, 4.69) is 6.92 Å². The Hall–Kier alpha value is -1.31. The number of hydrogen-bond donors (Lipinski definition) is 0. The van der Waals surface area contributed by atoms with E-state index >= 15 is 0 Å². The minimum atomic E-state index is 0.176. The summed E-state index contributed by atoms with van der Waals surface area (Å²) in [6.07, 6.45) is 2.28. The highest BCUT2D eigenvalue weighted by molar-refractivity contribution is 5.94. The maximum Gasteiger partial charge on any atom is 0.254 e. The summed E-state index contributed by atoms with van der Waals surface area (Å²) in [6.45, 7) is 3.03. The van der Waals surface area contributed by atoms with Crippen molar-refractivity contribution in [2.75, 3.05) is 6.54 Å². The van der Waals surface area contributed by atoms with Crippen molar-refractivity contribution in [2.45, 2.75) is 25.8 Å². The summed E-state index contributed by atoms with van der Waals surface area (Å²) in [5, 5.41) is 0. The first kappa shape index (κ1) is 9.25. The Labute approximate surface area is 84.5 Å². The molecule has 1 aliphatic heterocycles. The van der Waals surface area contributed by atoms with Gasteiger partial charge in [0, 0.05) is 18.2 Å². The van der Waals surface area contributed by atoms with Crippen LogP contribution in [-0.4, -0.2) is 23.4 Å². The molecule has 2 heteroatoms. The molecule has 0 spiro atoms. The Bertz CT molecular complexity index is 320. The number of likely N-dealkylation sites (tertiary alicyclic amines) is 1. The molecule has 2 nitrogen and oxygen atoms in total. The van der Waals surface area contributed by atoms with E-state index in [-0.39, 0.29) is 5.91 Å². The summed E-state index contributed by atoms with van der Waals surface area (Å²) in [4.78, 5) is 14.0. The number of rotatable bonds is 1. The third-order valence-electron chi connectivity index (χ3n) is 2.83. The zero-order valence-electron chi connectivity index (χ0n) is 8.44. The van der Waals surface area contributed by atoms with Crippen LogP contribution in [0.2, 0.25) is 0 Å². The van der Waals surface area contributed by atoms with Crippen LogP contribution in [0.15, 0.2) is 30.3 Å². The van der Waals surface area contributed by atoms with Gasteiger partial charge in [-0.1, -0.05) is 18.2 Å². The smallest absolute Gasteiger partial charge is 0.254 e. The first-order chi connectivity index (χ1) is 6.79. The standard InChI is InChI=1S/C12H15NO/c1-10-6-5-9-13(10)12(14)11-7-3-2-4-8-11/h2-4,7-8,10H,5-6,9H2,1H3. The average Bonchev–Trinajstić information content (AvgIpc) is 2.65. The monoisotopic (exact) mass is 189 g/mol. The zero-order valence-corrected chi connectivity index (χ0v) is 8.44. The molecule has 1 aromatic rings. The molecule has 0 bridgehead atoms. The van der Waals surface area contributed by atoms with Crippen molar-refractivity contribution >= 4 is 5.91 Å². The van der Waals surface area contributed by atoms with E-state index in [9.17, 15) is 4.79 Å². The molecule has 0 saturated carbocycles. The topological polar surface area (TPSA) is 20.3 Å². The summed E-state index contributed by atoms with van der Waals surface area (Å²) < 4.78 is 0. The van der Waals surface area contributed by atoms with Gasteiger partial charge in [0.1, 0.15) is 0 Å². The zero-order chi connectivity index (χ0) is 9.97. The van der Waals surface area contributed by atoms with Crippen molar-refractivity contribution in [2.24, 2.45) is 0 Å². The molecule has 1 heterocycles. The van der Waals surface area contributed by atoms with Gasteiger partial charge in [0.25, 0.3) is 5.91 Å². The average molecular weight is 189 g/mol. The largest absolute Gasteiger partial charge is 0.336 e. The summed E-state index contributed by atoms with van der Waals surface area (Å²) >= 11 is 0. The second kappa shape index (κ2) is 3.82. The van der Waals surface area contributed by atoms with Gasteiger partial charge in [-0.15, -0.1) is 0 Å².